The van der Waals surface area contributed by atoms with Gasteiger partial charge in [0, 0.05) is 26.2 Å². The zero-order valence-electron chi connectivity index (χ0n) is 14.7. The Labute approximate surface area is 130 Å². The Hall–Kier alpha value is -0.433. The van der Waals surface area contributed by atoms with Gasteiger partial charge in [-0.15, -0.1) is 0 Å². The number of rotatable bonds is 5. The molecule has 124 valence electrons. The molecule has 1 rings (SSSR count). The molecular weight excluding hydrogens is 284 g/mol. The first-order valence-corrected chi connectivity index (χ1v) is 10.7. The maximum absolute atomic E-state index is 12.2. The summed E-state index contributed by atoms with van der Waals surface area (Å²) in [7, 11) is -0.448. The van der Waals surface area contributed by atoms with E-state index in [9.17, 15) is 4.79 Å². The van der Waals surface area contributed by atoms with Crippen molar-refractivity contribution >= 4 is 14.3 Å². The van der Waals surface area contributed by atoms with Crippen LogP contribution in [0.15, 0.2) is 0 Å². The number of ether oxygens (including phenoxy) is 1. The minimum atomic E-state index is -1.90. The predicted molar refractivity (Wildman–Crippen MR) is 88.0 cm³/mol. The third kappa shape index (κ3) is 4.77. The van der Waals surface area contributed by atoms with Gasteiger partial charge < -0.3 is 14.5 Å². The summed E-state index contributed by atoms with van der Waals surface area (Å²) in [6, 6.07) is -0.314. The van der Waals surface area contributed by atoms with Crippen LogP contribution in [0, 0.1) is 0 Å². The fourth-order valence-electron chi connectivity index (χ4n) is 2.42. The minimum Gasteiger partial charge on any atom is -0.468 e. The summed E-state index contributed by atoms with van der Waals surface area (Å²) in [5, 5.41) is 3.44. The van der Waals surface area contributed by atoms with Crippen molar-refractivity contribution in [2.45, 2.75) is 58.0 Å². The van der Waals surface area contributed by atoms with Crippen LogP contribution in [0.4, 0.5) is 0 Å². The molecule has 1 aliphatic rings. The number of piperazine rings is 1. The Morgan fingerprint density at radius 2 is 1.76 bits per heavy atom. The molecule has 1 N–H and O–H groups in total. The van der Waals surface area contributed by atoms with Crippen LogP contribution in [-0.4, -0.2) is 64.6 Å². The van der Waals surface area contributed by atoms with Crippen LogP contribution in [0.3, 0.4) is 0 Å². The van der Waals surface area contributed by atoms with Crippen LogP contribution in [0.1, 0.15) is 27.7 Å². The maximum atomic E-state index is 12.2. The van der Waals surface area contributed by atoms with Gasteiger partial charge in [0.25, 0.3) is 0 Å². The average molecular weight is 317 g/mol. The molecule has 0 spiro atoms. The molecule has 0 aromatic carbocycles. The van der Waals surface area contributed by atoms with E-state index in [1.54, 1.807) is 0 Å². The lowest BCUT2D eigenvalue weighted by atomic mass is 10.1. The highest BCUT2D eigenvalue weighted by Gasteiger charge is 2.42. The SMILES string of the molecule is COC(=O)[C@H]([C@@H](C)O[Si](C)(C)C(C)(C)C)N1CCNCC1. The fraction of sp³-hybridized carbons (Fsp3) is 0.933. The summed E-state index contributed by atoms with van der Waals surface area (Å²) in [6.07, 6.45) is -0.156. The number of esters is 1. The van der Waals surface area contributed by atoms with Gasteiger partial charge in [0.1, 0.15) is 6.04 Å². The summed E-state index contributed by atoms with van der Waals surface area (Å²) in [5.74, 6) is -0.192. The standard InChI is InChI=1S/C15H32N2O3Si/c1-12(20-21(6,7)15(2,3)4)13(14(18)19-5)17-10-8-16-9-11-17/h12-13,16H,8-11H2,1-7H3/t12-,13+/m1/s1. The fourth-order valence-corrected chi connectivity index (χ4v) is 3.84. The van der Waals surface area contributed by atoms with Gasteiger partial charge >= 0.3 is 5.97 Å². The van der Waals surface area contributed by atoms with Gasteiger partial charge in [0.05, 0.1) is 13.2 Å². The zero-order chi connectivity index (χ0) is 16.3. The smallest absolute Gasteiger partial charge is 0.325 e. The van der Waals surface area contributed by atoms with Crippen molar-refractivity contribution in [3.8, 4) is 0 Å². The van der Waals surface area contributed by atoms with E-state index >= 15 is 0 Å². The Morgan fingerprint density at radius 3 is 2.19 bits per heavy atom. The second-order valence-corrected chi connectivity index (χ2v) is 12.1. The molecule has 0 aromatic heterocycles. The number of carbonyl (C=O) groups excluding carboxylic acids is 1. The third-order valence-corrected chi connectivity index (χ3v) is 9.29. The summed E-state index contributed by atoms with van der Waals surface area (Å²) >= 11 is 0. The lowest BCUT2D eigenvalue weighted by molar-refractivity contribution is -0.151. The first kappa shape index (κ1) is 18.6. The Kier molecular flexibility index (Phi) is 6.40. The summed E-state index contributed by atoms with van der Waals surface area (Å²) in [5.41, 5.74) is 0. The van der Waals surface area contributed by atoms with E-state index < -0.39 is 8.32 Å². The van der Waals surface area contributed by atoms with Crippen molar-refractivity contribution in [3.05, 3.63) is 0 Å². The Morgan fingerprint density at radius 1 is 1.24 bits per heavy atom. The molecule has 6 heteroatoms. The quantitative estimate of drug-likeness (QED) is 0.619. The van der Waals surface area contributed by atoms with Gasteiger partial charge in [-0.25, -0.2) is 0 Å². The minimum absolute atomic E-state index is 0.130. The highest BCUT2D eigenvalue weighted by molar-refractivity contribution is 6.74. The molecule has 0 saturated carbocycles. The van der Waals surface area contributed by atoms with Gasteiger partial charge in [0.15, 0.2) is 8.32 Å². The van der Waals surface area contributed by atoms with Gasteiger partial charge in [-0.2, -0.15) is 0 Å². The number of nitrogens with one attached hydrogen (secondary N) is 1. The second-order valence-electron chi connectivity index (χ2n) is 7.34. The third-order valence-electron chi connectivity index (χ3n) is 4.72. The highest BCUT2D eigenvalue weighted by Crippen LogP contribution is 2.37. The molecule has 1 heterocycles. The molecule has 1 fully saturated rings. The Balaban J connectivity index is 2.85. The van der Waals surface area contributed by atoms with Gasteiger partial charge in [-0.1, -0.05) is 20.8 Å². The van der Waals surface area contributed by atoms with E-state index in [2.05, 4.69) is 44.1 Å². The molecule has 1 saturated heterocycles. The number of hydrogen-bond acceptors (Lipinski definition) is 5. The van der Waals surface area contributed by atoms with Crippen molar-refractivity contribution in [1.82, 2.24) is 10.2 Å². The van der Waals surface area contributed by atoms with Gasteiger partial charge in [-0.05, 0) is 25.1 Å². The van der Waals surface area contributed by atoms with Crippen LogP contribution < -0.4 is 5.32 Å². The van der Waals surface area contributed by atoms with E-state index in [-0.39, 0.29) is 23.2 Å². The summed E-state index contributed by atoms with van der Waals surface area (Å²) < 4.78 is 11.4. The normalized spacial score (nSPS) is 20.9. The molecule has 0 amide bonds. The molecule has 1 aliphatic heterocycles. The van der Waals surface area contributed by atoms with Crippen molar-refractivity contribution in [3.63, 3.8) is 0 Å². The lowest BCUT2D eigenvalue weighted by Crippen LogP contribution is -2.58. The van der Waals surface area contributed by atoms with Crippen LogP contribution >= 0.6 is 0 Å². The first-order valence-electron chi connectivity index (χ1n) is 7.80. The largest absolute Gasteiger partial charge is 0.468 e. The van der Waals surface area contributed by atoms with E-state index in [4.69, 9.17) is 9.16 Å². The lowest BCUT2D eigenvalue weighted by Gasteiger charge is -2.42. The summed E-state index contributed by atoms with van der Waals surface area (Å²) in [6.45, 7) is 16.6. The van der Waals surface area contributed by atoms with Gasteiger partial charge in [0.2, 0.25) is 0 Å². The number of carbonyl (C=O) groups is 1. The highest BCUT2D eigenvalue weighted by atomic mass is 28.4. The maximum Gasteiger partial charge on any atom is 0.325 e. The van der Waals surface area contributed by atoms with Crippen LogP contribution in [0.5, 0.6) is 0 Å². The molecule has 21 heavy (non-hydrogen) atoms. The van der Waals surface area contributed by atoms with Crippen LogP contribution in [-0.2, 0) is 14.0 Å². The van der Waals surface area contributed by atoms with E-state index in [0.29, 0.717) is 0 Å². The molecule has 0 radical (unpaired) electrons. The molecular formula is C15H32N2O3Si. The average Bonchev–Trinajstić information content (AvgIpc) is 2.38. The number of methoxy groups -OCH3 is 1. The van der Waals surface area contributed by atoms with Crippen LogP contribution in [0.25, 0.3) is 0 Å². The van der Waals surface area contributed by atoms with Crippen molar-refractivity contribution in [2.24, 2.45) is 0 Å². The predicted octanol–water partition coefficient (Wildman–Crippen LogP) is 1.84. The number of nitrogens with zero attached hydrogens (tertiary/aromatic N) is 1. The van der Waals surface area contributed by atoms with Crippen molar-refractivity contribution < 1.29 is 14.0 Å². The number of hydrogen-bond donors (Lipinski definition) is 1. The summed E-state index contributed by atoms with van der Waals surface area (Å²) in [4.78, 5) is 14.4. The van der Waals surface area contributed by atoms with E-state index in [0.717, 1.165) is 26.2 Å². The van der Waals surface area contributed by atoms with Crippen LogP contribution in [0.2, 0.25) is 18.1 Å². The zero-order valence-corrected chi connectivity index (χ0v) is 15.7. The first-order chi connectivity index (χ1) is 9.60. The van der Waals surface area contributed by atoms with Gasteiger partial charge in [-0.3, -0.25) is 9.69 Å². The van der Waals surface area contributed by atoms with Crippen molar-refractivity contribution in [1.29, 1.82) is 0 Å². The molecule has 0 unspecified atom stereocenters. The molecule has 5 nitrogen and oxygen atoms in total. The monoisotopic (exact) mass is 316 g/mol. The molecule has 2 atom stereocenters. The second kappa shape index (κ2) is 7.22. The topological polar surface area (TPSA) is 50.8 Å². The molecule has 0 aliphatic carbocycles. The van der Waals surface area contributed by atoms with E-state index in [1.807, 2.05) is 6.92 Å². The van der Waals surface area contributed by atoms with Crippen molar-refractivity contribution in [2.75, 3.05) is 33.3 Å². The molecule has 0 aromatic rings. The Bertz CT molecular complexity index is 349. The van der Waals surface area contributed by atoms with E-state index in [1.165, 1.54) is 7.11 Å². The molecule has 0 bridgehead atoms.